The summed E-state index contributed by atoms with van der Waals surface area (Å²) in [5.74, 6) is -0.254. The van der Waals surface area contributed by atoms with Crippen molar-refractivity contribution in [3.63, 3.8) is 0 Å². The molecule has 2 aliphatic rings. The van der Waals surface area contributed by atoms with Crippen LogP contribution in [0, 0.1) is 12.3 Å². The van der Waals surface area contributed by atoms with Gasteiger partial charge in [0.15, 0.2) is 17.4 Å². The number of ether oxygens (including phenoxy) is 1. The fourth-order valence-corrected chi connectivity index (χ4v) is 5.87. The average Bonchev–Trinajstić information content (AvgIpc) is 3.32. The molecule has 0 unspecified atom stereocenters. The van der Waals surface area contributed by atoms with Crippen LogP contribution in [0.1, 0.15) is 43.0 Å². The number of rotatable bonds is 8. The molecular formula is C28H25BrN8O5. The molecule has 214 valence electrons. The number of aryl methyl sites for hydroxylation is 1. The Morgan fingerprint density at radius 1 is 1.17 bits per heavy atom. The van der Waals surface area contributed by atoms with Crippen LogP contribution in [0.2, 0.25) is 0 Å². The summed E-state index contributed by atoms with van der Waals surface area (Å²) >= 11 is 3.25. The van der Waals surface area contributed by atoms with Crippen molar-refractivity contribution in [1.29, 1.82) is 0 Å². The fraction of sp³-hybridized carbons (Fsp3) is 0.321. The molecule has 0 aromatic carbocycles. The second-order valence-electron chi connectivity index (χ2n) is 10.7. The van der Waals surface area contributed by atoms with Gasteiger partial charge in [-0.3, -0.25) is 28.8 Å². The standard InChI is InChI=1S/C28H25BrN8O5/c1-14(39)25-17-6-18(16-9-30-15(2)31-10-16)32-11-20(17)36(35-25)12-24(40)37-19(7-28(3)8-22(28)37)27(41)34-26-21(42-13-38)4-5-23(29)33-26/h4-6,9-11,13,19,22H,7-8,12H2,1-3H3,(H,33,34,41)/t19-,22+,28-/m0/s1. The quantitative estimate of drug-likeness (QED) is 0.173. The number of aromatic nitrogens is 6. The second kappa shape index (κ2) is 10.4. The van der Waals surface area contributed by atoms with Crippen LogP contribution in [0.15, 0.2) is 41.4 Å². The highest BCUT2D eigenvalue weighted by Gasteiger charge is 2.64. The molecule has 13 nitrogen and oxygen atoms in total. The number of ketones is 1. The summed E-state index contributed by atoms with van der Waals surface area (Å²) < 4.78 is 6.84. The minimum absolute atomic E-state index is 0.0598. The molecule has 2 fully saturated rings. The first-order valence-corrected chi connectivity index (χ1v) is 13.9. The number of Topliss-reactive ketones (excluding diaryl/α,β-unsaturated/α-hetero) is 1. The highest BCUT2D eigenvalue weighted by molar-refractivity contribution is 9.10. The summed E-state index contributed by atoms with van der Waals surface area (Å²) in [4.78, 5) is 69.5. The summed E-state index contributed by atoms with van der Waals surface area (Å²) in [5.41, 5.74) is 1.79. The third-order valence-electron chi connectivity index (χ3n) is 7.80. The number of amides is 2. The van der Waals surface area contributed by atoms with Crippen LogP contribution in [0.4, 0.5) is 5.82 Å². The number of nitrogens with one attached hydrogen (secondary N) is 1. The zero-order valence-electron chi connectivity index (χ0n) is 22.9. The summed E-state index contributed by atoms with van der Waals surface area (Å²) in [6, 6.07) is 3.93. The number of nitrogens with zero attached hydrogens (tertiary/aromatic N) is 7. The Bertz CT molecular complexity index is 1770. The van der Waals surface area contributed by atoms with Gasteiger partial charge in [-0.1, -0.05) is 6.92 Å². The van der Waals surface area contributed by atoms with E-state index in [1.54, 1.807) is 42.5 Å². The van der Waals surface area contributed by atoms with Crippen molar-refractivity contribution in [3.05, 3.63) is 52.9 Å². The first-order chi connectivity index (χ1) is 20.1. The van der Waals surface area contributed by atoms with Crippen molar-refractivity contribution in [3.8, 4) is 17.0 Å². The number of fused-ring (bicyclic) bond motifs is 2. The lowest BCUT2D eigenvalue weighted by Gasteiger charge is -2.27. The number of pyridine rings is 2. The third-order valence-corrected chi connectivity index (χ3v) is 8.24. The molecule has 42 heavy (non-hydrogen) atoms. The highest BCUT2D eigenvalue weighted by atomic mass is 79.9. The molecule has 0 spiro atoms. The van der Waals surface area contributed by atoms with Crippen LogP contribution in [-0.4, -0.2) is 70.8 Å². The molecule has 3 atom stereocenters. The maximum absolute atomic E-state index is 13.8. The minimum atomic E-state index is -0.772. The van der Waals surface area contributed by atoms with Crippen molar-refractivity contribution in [2.24, 2.45) is 5.41 Å². The van der Waals surface area contributed by atoms with Crippen LogP contribution in [0.3, 0.4) is 0 Å². The Morgan fingerprint density at radius 3 is 2.64 bits per heavy atom. The summed E-state index contributed by atoms with van der Waals surface area (Å²) in [6.07, 6.45) is 6.12. The predicted octanol–water partition coefficient (Wildman–Crippen LogP) is 3.11. The van der Waals surface area contributed by atoms with E-state index >= 15 is 0 Å². The molecule has 1 saturated heterocycles. The third kappa shape index (κ3) is 4.91. The zero-order valence-corrected chi connectivity index (χ0v) is 24.5. The lowest BCUT2D eigenvalue weighted by molar-refractivity contribution is -0.138. The Hall–Kier alpha value is -4.59. The van der Waals surface area contributed by atoms with E-state index in [-0.39, 0.29) is 53.4 Å². The first kappa shape index (κ1) is 27.6. The summed E-state index contributed by atoms with van der Waals surface area (Å²) in [5, 5.41) is 7.73. The Balaban J connectivity index is 1.28. The van der Waals surface area contributed by atoms with Crippen molar-refractivity contribution >= 4 is 56.7 Å². The highest BCUT2D eigenvalue weighted by Crippen LogP contribution is 2.59. The van der Waals surface area contributed by atoms with Gasteiger partial charge in [0, 0.05) is 36.3 Å². The maximum Gasteiger partial charge on any atom is 0.298 e. The molecule has 2 amide bonds. The molecule has 5 heterocycles. The number of carbonyl (C=O) groups is 4. The van der Waals surface area contributed by atoms with E-state index in [1.165, 1.54) is 17.7 Å². The molecule has 0 radical (unpaired) electrons. The van der Waals surface area contributed by atoms with Crippen LogP contribution < -0.4 is 10.1 Å². The van der Waals surface area contributed by atoms with Gasteiger partial charge in [0.25, 0.3) is 6.47 Å². The number of piperidine rings is 1. The summed E-state index contributed by atoms with van der Waals surface area (Å²) in [7, 11) is 0. The number of hydrogen-bond donors (Lipinski definition) is 1. The number of halogens is 1. The van der Waals surface area contributed by atoms with Crippen LogP contribution >= 0.6 is 15.9 Å². The second-order valence-corrected chi connectivity index (χ2v) is 11.6. The van der Waals surface area contributed by atoms with Gasteiger partial charge in [-0.2, -0.15) is 5.10 Å². The zero-order chi connectivity index (χ0) is 29.8. The molecule has 4 aromatic heterocycles. The van der Waals surface area contributed by atoms with E-state index in [1.807, 2.05) is 6.92 Å². The molecule has 0 bridgehead atoms. The normalized spacial score (nSPS) is 20.7. The molecule has 1 aliphatic carbocycles. The average molecular weight is 633 g/mol. The van der Waals surface area contributed by atoms with Crippen LogP contribution in [0.5, 0.6) is 5.75 Å². The largest absolute Gasteiger partial charge is 0.425 e. The molecule has 4 aromatic rings. The SMILES string of the molecule is CC(=O)c1nn(CC(=O)N2[C@H](C(=O)Nc3nc(Br)ccc3OC=O)C[C@@]3(C)C[C@@H]23)c2cnc(-c3cnc(C)nc3)cc12. The fourth-order valence-electron chi connectivity index (χ4n) is 5.56. The van der Waals surface area contributed by atoms with E-state index in [0.717, 1.165) is 6.42 Å². The van der Waals surface area contributed by atoms with Gasteiger partial charge >= 0.3 is 0 Å². The van der Waals surface area contributed by atoms with Crippen molar-refractivity contribution in [1.82, 2.24) is 34.6 Å². The first-order valence-electron chi connectivity index (χ1n) is 13.1. The van der Waals surface area contributed by atoms with Gasteiger partial charge in [0.1, 0.15) is 28.7 Å². The van der Waals surface area contributed by atoms with Gasteiger partial charge < -0.3 is 15.0 Å². The van der Waals surface area contributed by atoms with Crippen LogP contribution in [-0.2, 0) is 20.9 Å². The van der Waals surface area contributed by atoms with Crippen molar-refractivity contribution in [2.45, 2.75) is 52.2 Å². The number of carbonyl (C=O) groups excluding carboxylic acids is 4. The van der Waals surface area contributed by atoms with E-state index in [4.69, 9.17) is 4.74 Å². The Morgan fingerprint density at radius 2 is 1.93 bits per heavy atom. The lowest BCUT2D eigenvalue weighted by Crippen LogP contribution is -2.46. The molecule has 1 saturated carbocycles. The van der Waals surface area contributed by atoms with Crippen molar-refractivity contribution in [2.75, 3.05) is 5.32 Å². The molecule has 6 rings (SSSR count). The molecular weight excluding hydrogens is 608 g/mol. The molecule has 1 aliphatic heterocycles. The van der Waals surface area contributed by atoms with E-state index in [2.05, 4.69) is 46.3 Å². The predicted molar refractivity (Wildman–Crippen MR) is 152 cm³/mol. The molecule has 1 N–H and O–H groups in total. The van der Waals surface area contributed by atoms with Gasteiger partial charge in [-0.15, -0.1) is 0 Å². The Labute approximate surface area is 247 Å². The van der Waals surface area contributed by atoms with Gasteiger partial charge in [0.05, 0.1) is 17.4 Å². The minimum Gasteiger partial charge on any atom is -0.425 e. The number of hydrogen-bond acceptors (Lipinski definition) is 10. The number of likely N-dealkylation sites (tertiary alicyclic amines) is 1. The van der Waals surface area contributed by atoms with Gasteiger partial charge in [-0.05, 0) is 59.3 Å². The number of anilines is 1. The van der Waals surface area contributed by atoms with Gasteiger partial charge in [-0.25, -0.2) is 15.0 Å². The molecule has 14 heteroatoms. The summed E-state index contributed by atoms with van der Waals surface area (Å²) in [6.45, 7) is 5.30. The topological polar surface area (TPSA) is 162 Å². The van der Waals surface area contributed by atoms with Crippen molar-refractivity contribution < 1.29 is 23.9 Å². The lowest BCUT2D eigenvalue weighted by atomic mass is 10.0. The van der Waals surface area contributed by atoms with E-state index in [0.29, 0.717) is 39.0 Å². The van der Waals surface area contributed by atoms with E-state index in [9.17, 15) is 19.2 Å². The van der Waals surface area contributed by atoms with Crippen LogP contribution in [0.25, 0.3) is 22.2 Å². The Kier molecular flexibility index (Phi) is 6.80. The van der Waals surface area contributed by atoms with Gasteiger partial charge in [0.2, 0.25) is 11.8 Å². The smallest absolute Gasteiger partial charge is 0.298 e. The monoisotopic (exact) mass is 632 g/mol. The van der Waals surface area contributed by atoms with E-state index < -0.39 is 11.9 Å². The maximum atomic E-state index is 13.8.